The Kier molecular flexibility index (Phi) is 5.06. The van der Waals surface area contributed by atoms with E-state index in [2.05, 4.69) is 36.4 Å². The van der Waals surface area contributed by atoms with E-state index in [9.17, 15) is 9.59 Å². The molecule has 0 N–H and O–H groups in total. The quantitative estimate of drug-likeness (QED) is 0.578. The number of aryl methyl sites for hydroxylation is 2. The van der Waals surface area contributed by atoms with Crippen LogP contribution in [0.15, 0.2) is 78.9 Å². The van der Waals surface area contributed by atoms with E-state index in [1.54, 1.807) is 0 Å². The van der Waals surface area contributed by atoms with Gasteiger partial charge >= 0.3 is 6.09 Å². The summed E-state index contributed by atoms with van der Waals surface area (Å²) in [5.74, 6) is -0.259. The van der Waals surface area contributed by atoms with E-state index >= 15 is 0 Å². The van der Waals surface area contributed by atoms with Crippen LogP contribution in [-0.4, -0.2) is 22.9 Å². The lowest BCUT2D eigenvalue weighted by molar-refractivity contribution is -0.129. The number of fused-ring (bicyclic) bond motifs is 2. The third kappa shape index (κ3) is 3.52. The molecule has 3 aromatic rings. The number of nitrogens with zero attached hydrogens (tertiary/aromatic N) is 1. The van der Waals surface area contributed by atoms with Crippen molar-refractivity contribution in [1.29, 1.82) is 0 Å². The number of carbonyl (C=O) groups is 2. The number of amides is 2. The molecule has 4 heteroatoms. The van der Waals surface area contributed by atoms with Gasteiger partial charge in [-0.1, -0.05) is 78.9 Å². The van der Waals surface area contributed by atoms with Crippen molar-refractivity contribution in [2.24, 2.45) is 0 Å². The molecule has 1 aliphatic heterocycles. The van der Waals surface area contributed by atoms with Gasteiger partial charge in [0.2, 0.25) is 5.91 Å². The van der Waals surface area contributed by atoms with Gasteiger partial charge in [0.1, 0.15) is 6.10 Å². The molecule has 0 saturated carbocycles. The Bertz CT molecular complexity index is 1080. The van der Waals surface area contributed by atoms with Gasteiger partial charge in [-0.2, -0.15) is 0 Å². The van der Waals surface area contributed by atoms with Crippen LogP contribution < -0.4 is 0 Å². The lowest BCUT2D eigenvalue weighted by Gasteiger charge is -2.24. The first-order chi connectivity index (χ1) is 15.1. The van der Waals surface area contributed by atoms with Gasteiger partial charge in [-0.3, -0.25) is 4.79 Å². The van der Waals surface area contributed by atoms with Crippen LogP contribution in [0.1, 0.15) is 53.2 Å². The van der Waals surface area contributed by atoms with E-state index in [4.69, 9.17) is 4.74 Å². The highest BCUT2D eigenvalue weighted by Gasteiger charge is 2.44. The predicted octanol–water partition coefficient (Wildman–Crippen LogP) is 5.42. The molecule has 1 aliphatic carbocycles. The molecule has 0 bridgehead atoms. The van der Waals surface area contributed by atoms with Gasteiger partial charge in [0.15, 0.2) is 0 Å². The maximum absolute atomic E-state index is 13.5. The zero-order chi connectivity index (χ0) is 21.4. The van der Waals surface area contributed by atoms with Crippen LogP contribution in [-0.2, 0) is 22.4 Å². The maximum Gasteiger partial charge on any atom is 0.417 e. The Labute approximate surface area is 182 Å². The number of hydrogen-bond acceptors (Lipinski definition) is 3. The van der Waals surface area contributed by atoms with Crippen LogP contribution in [0.25, 0.3) is 0 Å². The Morgan fingerprint density at radius 3 is 2.03 bits per heavy atom. The van der Waals surface area contributed by atoms with Crippen LogP contribution in [0, 0.1) is 0 Å². The molecule has 4 nitrogen and oxygen atoms in total. The van der Waals surface area contributed by atoms with Crippen molar-refractivity contribution >= 4 is 12.0 Å². The Balaban J connectivity index is 1.46. The lowest BCUT2D eigenvalue weighted by Crippen LogP contribution is -2.38. The van der Waals surface area contributed by atoms with Crippen molar-refractivity contribution < 1.29 is 14.3 Å². The third-order valence-electron chi connectivity index (χ3n) is 6.57. The van der Waals surface area contributed by atoms with Crippen molar-refractivity contribution in [2.75, 3.05) is 0 Å². The summed E-state index contributed by atoms with van der Waals surface area (Å²) in [5, 5.41) is 0. The third-order valence-corrected chi connectivity index (χ3v) is 6.57. The van der Waals surface area contributed by atoms with Gasteiger partial charge in [0.25, 0.3) is 0 Å². The van der Waals surface area contributed by atoms with Crippen molar-refractivity contribution in [1.82, 2.24) is 4.90 Å². The van der Waals surface area contributed by atoms with E-state index in [0.29, 0.717) is 0 Å². The number of carbonyl (C=O) groups excluding carboxylic acids is 2. The smallest absolute Gasteiger partial charge is 0.417 e. The number of ether oxygens (including phenoxy) is 1. The number of rotatable bonds is 3. The minimum atomic E-state index is -0.554. The van der Waals surface area contributed by atoms with E-state index in [1.165, 1.54) is 27.2 Å². The fourth-order valence-electron chi connectivity index (χ4n) is 5.02. The largest absolute Gasteiger partial charge is 0.439 e. The van der Waals surface area contributed by atoms with Crippen LogP contribution in [0.2, 0.25) is 0 Å². The van der Waals surface area contributed by atoms with Gasteiger partial charge in [-0.15, -0.1) is 0 Å². The second-order valence-corrected chi connectivity index (χ2v) is 8.37. The molecular weight excluding hydrogens is 386 g/mol. The highest BCUT2D eigenvalue weighted by Crippen LogP contribution is 2.39. The summed E-state index contributed by atoms with van der Waals surface area (Å²) in [7, 11) is 0. The topological polar surface area (TPSA) is 46.6 Å². The number of benzene rings is 3. The summed E-state index contributed by atoms with van der Waals surface area (Å²) >= 11 is 0. The minimum absolute atomic E-state index is 0.0711. The lowest BCUT2D eigenvalue weighted by atomic mass is 9.85. The van der Waals surface area contributed by atoms with Gasteiger partial charge < -0.3 is 4.74 Å². The molecule has 2 amide bonds. The average molecular weight is 412 g/mol. The molecule has 0 spiro atoms. The molecule has 1 heterocycles. The highest BCUT2D eigenvalue weighted by atomic mass is 16.6. The standard InChI is InChI=1S/C27H25NO3/c1-18-26(21-11-3-2-4-12-21)31-27(30)28(18)25(29)17-24-22-13-7-5-9-19(22)15-16-20-10-6-8-14-23(20)24/h2-14,18,24,26H,15-17H2,1H3. The zero-order valence-electron chi connectivity index (χ0n) is 17.5. The Morgan fingerprint density at radius 2 is 1.42 bits per heavy atom. The van der Waals surface area contributed by atoms with Crippen LogP contribution >= 0.6 is 0 Å². The molecule has 5 rings (SSSR count). The molecule has 0 radical (unpaired) electrons. The molecule has 0 aromatic heterocycles. The average Bonchev–Trinajstić information content (AvgIpc) is 3.01. The second-order valence-electron chi connectivity index (χ2n) is 8.37. The molecule has 31 heavy (non-hydrogen) atoms. The van der Waals surface area contributed by atoms with Crippen molar-refractivity contribution in [2.45, 2.75) is 44.2 Å². The van der Waals surface area contributed by atoms with Gasteiger partial charge in [0.05, 0.1) is 6.04 Å². The molecule has 2 aliphatic rings. The SMILES string of the molecule is CC1C(c2ccccc2)OC(=O)N1C(=O)CC1c2ccccc2CCc2ccccc21. The van der Waals surface area contributed by atoms with Crippen molar-refractivity contribution in [3.05, 3.63) is 107 Å². The van der Waals surface area contributed by atoms with E-state index < -0.39 is 12.2 Å². The molecule has 3 aromatic carbocycles. The Morgan fingerprint density at radius 1 is 0.871 bits per heavy atom. The Hall–Kier alpha value is -3.40. The van der Waals surface area contributed by atoms with Crippen molar-refractivity contribution in [3.63, 3.8) is 0 Å². The monoisotopic (exact) mass is 411 g/mol. The van der Waals surface area contributed by atoms with Gasteiger partial charge in [-0.05, 0) is 47.6 Å². The summed E-state index contributed by atoms with van der Waals surface area (Å²) in [4.78, 5) is 27.5. The number of imide groups is 1. The molecule has 1 saturated heterocycles. The summed E-state index contributed by atoms with van der Waals surface area (Å²) in [6, 6.07) is 26.0. The number of hydrogen-bond donors (Lipinski definition) is 0. The minimum Gasteiger partial charge on any atom is -0.439 e. The summed E-state index contributed by atoms with van der Waals surface area (Å²) in [5.41, 5.74) is 5.82. The predicted molar refractivity (Wildman–Crippen MR) is 119 cm³/mol. The van der Waals surface area contributed by atoms with Crippen LogP contribution in [0.5, 0.6) is 0 Å². The molecule has 2 unspecified atom stereocenters. The fourth-order valence-corrected chi connectivity index (χ4v) is 5.02. The van der Waals surface area contributed by atoms with Gasteiger partial charge in [0, 0.05) is 12.3 Å². The number of cyclic esters (lactones) is 1. The zero-order valence-corrected chi connectivity index (χ0v) is 17.5. The molecular formula is C27H25NO3. The summed E-state index contributed by atoms with van der Waals surface area (Å²) in [6.45, 7) is 1.88. The first-order valence-electron chi connectivity index (χ1n) is 10.9. The first-order valence-corrected chi connectivity index (χ1v) is 10.9. The summed E-state index contributed by atoms with van der Waals surface area (Å²) < 4.78 is 5.61. The van der Waals surface area contributed by atoms with Gasteiger partial charge in [-0.25, -0.2) is 9.69 Å². The van der Waals surface area contributed by atoms with E-state index in [0.717, 1.165) is 18.4 Å². The van der Waals surface area contributed by atoms with E-state index in [1.807, 2.05) is 49.4 Å². The fraction of sp³-hybridized carbons (Fsp3) is 0.259. The second kappa shape index (κ2) is 8.03. The molecule has 156 valence electrons. The van der Waals surface area contributed by atoms with E-state index in [-0.39, 0.29) is 24.3 Å². The van der Waals surface area contributed by atoms with Crippen LogP contribution in [0.3, 0.4) is 0 Å². The highest BCUT2D eigenvalue weighted by molar-refractivity contribution is 5.94. The van der Waals surface area contributed by atoms with Crippen molar-refractivity contribution in [3.8, 4) is 0 Å². The summed E-state index contributed by atoms with van der Waals surface area (Å²) in [6.07, 6.45) is 1.16. The first kappa shape index (κ1) is 19.6. The van der Waals surface area contributed by atoms with Crippen LogP contribution in [0.4, 0.5) is 4.79 Å². The maximum atomic E-state index is 13.5. The molecule has 2 atom stereocenters. The molecule has 1 fully saturated rings. The normalized spacial score (nSPS) is 20.5.